The first-order valence-corrected chi connectivity index (χ1v) is 9.89. The van der Waals surface area contributed by atoms with E-state index in [4.69, 9.17) is 0 Å². The molecule has 4 unspecified atom stereocenters. The third-order valence-corrected chi connectivity index (χ3v) is 8.67. The Morgan fingerprint density at radius 3 is 2.65 bits per heavy atom. The highest BCUT2D eigenvalue weighted by Crippen LogP contribution is 2.66. The van der Waals surface area contributed by atoms with Gasteiger partial charge in [0.25, 0.3) is 0 Å². The monoisotopic (exact) mass is 314 g/mol. The van der Waals surface area contributed by atoms with Crippen molar-refractivity contribution in [2.45, 2.75) is 78.2 Å². The molecule has 128 valence electrons. The molecule has 0 spiro atoms. The van der Waals surface area contributed by atoms with Crippen LogP contribution in [0.1, 0.15) is 72.1 Å². The molecule has 0 bridgehead atoms. The molecule has 1 heteroatoms. The van der Waals surface area contributed by atoms with Gasteiger partial charge in [-0.25, -0.2) is 0 Å². The molecule has 0 amide bonds. The molecule has 0 aliphatic heterocycles. The molecule has 0 aromatic rings. The molecule has 4 aliphatic rings. The Morgan fingerprint density at radius 2 is 1.91 bits per heavy atom. The summed E-state index contributed by atoms with van der Waals surface area (Å²) in [7, 11) is 0. The van der Waals surface area contributed by atoms with Crippen molar-refractivity contribution in [1.82, 2.24) is 0 Å². The first-order chi connectivity index (χ1) is 10.9. The van der Waals surface area contributed by atoms with Crippen LogP contribution in [0.2, 0.25) is 0 Å². The van der Waals surface area contributed by atoms with Crippen LogP contribution < -0.4 is 0 Å². The van der Waals surface area contributed by atoms with E-state index < -0.39 is 0 Å². The minimum atomic E-state index is -0.0843. The average Bonchev–Trinajstić information content (AvgIpc) is 2.85. The largest absolute Gasteiger partial charge is 0.393 e. The van der Waals surface area contributed by atoms with E-state index in [9.17, 15) is 5.11 Å². The van der Waals surface area contributed by atoms with Crippen molar-refractivity contribution in [2.75, 3.05) is 0 Å². The van der Waals surface area contributed by atoms with Crippen LogP contribution in [-0.2, 0) is 0 Å². The summed E-state index contributed by atoms with van der Waals surface area (Å²) in [5.74, 6) is 3.38. The van der Waals surface area contributed by atoms with Crippen LogP contribution in [-0.4, -0.2) is 11.2 Å². The van der Waals surface area contributed by atoms with Crippen LogP contribution in [0.25, 0.3) is 0 Å². The lowest BCUT2D eigenvalue weighted by atomic mass is 9.47. The molecule has 0 saturated heterocycles. The van der Waals surface area contributed by atoms with Crippen molar-refractivity contribution < 1.29 is 5.11 Å². The Hall–Kier alpha value is -0.560. The number of fused-ring (bicyclic) bond motifs is 5. The third-order valence-electron chi connectivity index (χ3n) is 8.67. The van der Waals surface area contributed by atoms with E-state index in [2.05, 4.69) is 33.4 Å². The maximum absolute atomic E-state index is 10.1. The Balaban J connectivity index is 1.66. The van der Waals surface area contributed by atoms with Crippen molar-refractivity contribution >= 4 is 0 Å². The quantitative estimate of drug-likeness (QED) is 0.633. The zero-order valence-corrected chi connectivity index (χ0v) is 15.3. The SMILES string of the molecule is C=C(C)C1CCC2C3CC=C4C[C@@H](O)CC[C@]4(C)C3CC[C@]12C. The molecule has 1 nitrogen and oxygen atoms in total. The van der Waals surface area contributed by atoms with E-state index in [1.54, 1.807) is 5.57 Å². The minimum Gasteiger partial charge on any atom is -0.393 e. The number of allylic oxidation sites excluding steroid dienone is 2. The van der Waals surface area contributed by atoms with E-state index in [0.29, 0.717) is 10.8 Å². The van der Waals surface area contributed by atoms with Crippen LogP contribution in [0, 0.1) is 34.5 Å². The van der Waals surface area contributed by atoms with Crippen molar-refractivity contribution in [1.29, 1.82) is 0 Å². The van der Waals surface area contributed by atoms with Gasteiger partial charge in [-0.05, 0) is 92.8 Å². The lowest BCUT2D eigenvalue weighted by Crippen LogP contribution is -2.50. The first-order valence-electron chi connectivity index (χ1n) is 9.89. The standard InChI is InChI=1S/C22H34O/c1-14(2)18-7-8-19-17-6-5-15-13-16(23)9-11-21(15,3)20(17)10-12-22(18,19)4/h5,16-20,23H,1,6-13H2,2-4H3/t16-,17?,18?,19?,20?,21-,22+/m0/s1. The number of aliphatic hydroxyl groups is 1. The Labute approximate surface area is 142 Å². The molecule has 4 aliphatic carbocycles. The van der Waals surface area contributed by atoms with E-state index in [-0.39, 0.29) is 6.10 Å². The van der Waals surface area contributed by atoms with Gasteiger partial charge in [0.1, 0.15) is 0 Å². The summed E-state index contributed by atoms with van der Waals surface area (Å²) in [4.78, 5) is 0. The smallest absolute Gasteiger partial charge is 0.0577 e. The van der Waals surface area contributed by atoms with Crippen LogP contribution >= 0.6 is 0 Å². The maximum Gasteiger partial charge on any atom is 0.0577 e. The van der Waals surface area contributed by atoms with Gasteiger partial charge in [-0.2, -0.15) is 0 Å². The van der Waals surface area contributed by atoms with Crippen molar-refractivity contribution in [3.8, 4) is 0 Å². The summed E-state index contributed by atoms with van der Waals surface area (Å²) >= 11 is 0. The molecular formula is C22H34O. The van der Waals surface area contributed by atoms with E-state index in [0.717, 1.165) is 36.5 Å². The van der Waals surface area contributed by atoms with E-state index in [1.807, 2.05) is 0 Å². The molecule has 3 fully saturated rings. The lowest BCUT2D eigenvalue weighted by molar-refractivity contribution is -0.0453. The summed E-state index contributed by atoms with van der Waals surface area (Å²) in [5, 5.41) is 10.1. The summed E-state index contributed by atoms with van der Waals surface area (Å²) in [6.07, 6.45) is 12.4. The highest BCUT2D eigenvalue weighted by molar-refractivity contribution is 5.26. The Morgan fingerprint density at radius 1 is 1.13 bits per heavy atom. The second-order valence-corrected chi connectivity index (χ2v) is 9.68. The number of hydrogen-bond acceptors (Lipinski definition) is 1. The van der Waals surface area contributed by atoms with Gasteiger partial charge in [-0.1, -0.05) is 37.6 Å². The van der Waals surface area contributed by atoms with Crippen LogP contribution in [0.5, 0.6) is 0 Å². The molecule has 23 heavy (non-hydrogen) atoms. The topological polar surface area (TPSA) is 20.2 Å². The van der Waals surface area contributed by atoms with Gasteiger partial charge in [0, 0.05) is 0 Å². The fourth-order valence-corrected chi connectivity index (χ4v) is 7.45. The van der Waals surface area contributed by atoms with Crippen molar-refractivity contribution in [3.63, 3.8) is 0 Å². The number of rotatable bonds is 1. The average molecular weight is 315 g/mol. The maximum atomic E-state index is 10.1. The molecule has 3 saturated carbocycles. The lowest BCUT2D eigenvalue weighted by Gasteiger charge is -2.58. The van der Waals surface area contributed by atoms with Gasteiger partial charge in [0.15, 0.2) is 0 Å². The van der Waals surface area contributed by atoms with Gasteiger partial charge in [0.05, 0.1) is 6.10 Å². The zero-order chi connectivity index (χ0) is 16.4. The predicted molar refractivity (Wildman–Crippen MR) is 96.0 cm³/mol. The highest BCUT2D eigenvalue weighted by atomic mass is 16.3. The Kier molecular flexibility index (Phi) is 3.61. The molecule has 0 radical (unpaired) electrons. The molecule has 1 N–H and O–H groups in total. The fraction of sp³-hybridized carbons (Fsp3) is 0.818. The molecule has 4 rings (SSSR count). The van der Waals surface area contributed by atoms with Gasteiger partial charge in [-0.3, -0.25) is 0 Å². The summed E-state index contributed by atoms with van der Waals surface area (Å²) in [5.41, 5.74) is 3.90. The second-order valence-electron chi connectivity index (χ2n) is 9.68. The second kappa shape index (κ2) is 5.22. The minimum absolute atomic E-state index is 0.0843. The van der Waals surface area contributed by atoms with Crippen LogP contribution in [0.4, 0.5) is 0 Å². The molecular weight excluding hydrogens is 280 g/mol. The van der Waals surface area contributed by atoms with Gasteiger partial charge in [0.2, 0.25) is 0 Å². The molecule has 7 atom stereocenters. The highest BCUT2D eigenvalue weighted by Gasteiger charge is 2.58. The van der Waals surface area contributed by atoms with Crippen molar-refractivity contribution in [3.05, 3.63) is 23.8 Å². The predicted octanol–water partition coefficient (Wildman–Crippen LogP) is 5.50. The zero-order valence-electron chi connectivity index (χ0n) is 15.3. The van der Waals surface area contributed by atoms with Crippen LogP contribution in [0.3, 0.4) is 0 Å². The fourth-order valence-electron chi connectivity index (χ4n) is 7.45. The van der Waals surface area contributed by atoms with Crippen LogP contribution in [0.15, 0.2) is 23.8 Å². The normalized spacial score (nSPS) is 52.2. The summed E-state index contributed by atoms with van der Waals surface area (Å²) in [6.45, 7) is 11.7. The van der Waals surface area contributed by atoms with Gasteiger partial charge in [-0.15, -0.1) is 0 Å². The summed E-state index contributed by atoms with van der Waals surface area (Å²) < 4.78 is 0. The van der Waals surface area contributed by atoms with Gasteiger partial charge >= 0.3 is 0 Å². The number of hydrogen-bond donors (Lipinski definition) is 1. The van der Waals surface area contributed by atoms with E-state index in [1.165, 1.54) is 44.1 Å². The van der Waals surface area contributed by atoms with Gasteiger partial charge < -0.3 is 5.11 Å². The molecule has 0 heterocycles. The third kappa shape index (κ3) is 2.15. The van der Waals surface area contributed by atoms with E-state index >= 15 is 0 Å². The molecule has 0 aromatic carbocycles. The number of aliphatic hydroxyl groups excluding tert-OH is 1. The van der Waals surface area contributed by atoms with Crippen molar-refractivity contribution in [2.24, 2.45) is 34.5 Å². The first kappa shape index (κ1) is 15.9. The molecule has 0 aromatic heterocycles. The summed E-state index contributed by atoms with van der Waals surface area (Å²) in [6, 6.07) is 0. The Bertz CT molecular complexity index is 546.